The average molecular weight is 406 g/mol. The van der Waals surface area contributed by atoms with E-state index in [4.69, 9.17) is 5.73 Å². The fourth-order valence-corrected chi connectivity index (χ4v) is 3.35. The van der Waals surface area contributed by atoms with Gasteiger partial charge in [0.25, 0.3) is 11.8 Å². The van der Waals surface area contributed by atoms with Crippen LogP contribution in [0.2, 0.25) is 0 Å². The van der Waals surface area contributed by atoms with E-state index in [0.29, 0.717) is 22.7 Å². The molecule has 0 saturated heterocycles. The standard InChI is InChI=1S/C23H26N4O3/c1-15(2)13-27-14-18(16-7-4-6-10-20(16)27)23(30)26-19-9-5-3-8-17(19)22(29)25-12-11-21(24)28/h3-10,14-15H,11-13H2,1-2H3,(H2,24,28)(H,25,29)(H,26,30). The molecule has 30 heavy (non-hydrogen) atoms. The predicted octanol–water partition coefficient (Wildman–Crippen LogP) is 3.15. The van der Waals surface area contributed by atoms with E-state index in [1.165, 1.54) is 0 Å². The SMILES string of the molecule is CC(C)Cn1cc(C(=O)Nc2ccccc2C(=O)NCCC(N)=O)c2ccccc21. The van der Waals surface area contributed by atoms with Gasteiger partial charge >= 0.3 is 0 Å². The summed E-state index contributed by atoms with van der Waals surface area (Å²) in [6.07, 6.45) is 1.91. The minimum Gasteiger partial charge on any atom is -0.370 e. The van der Waals surface area contributed by atoms with E-state index < -0.39 is 5.91 Å². The second kappa shape index (κ2) is 9.26. The van der Waals surface area contributed by atoms with E-state index in [1.807, 2.05) is 30.5 Å². The third kappa shape index (κ3) is 4.86. The predicted molar refractivity (Wildman–Crippen MR) is 117 cm³/mol. The number of carbonyl (C=O) groups is 3. The van der Waals surface area contributed by atoms with Gasteiger partial charge in [0.1, 0.15) is 0 Å². The molecule has 3 aromatic rings. The number of nitrogens with two attached hydrogens (primary N) is 1. The molecule has 0 bridgehead atoms. The molecule has 0 aliphatic heterocycles. The Kier molecular flexibility index (Phi) is 6.51. The van der Waals surface area contributed by atoms with Gasteiger partial charge in [-0.25, -0.2) is 0 Å². The molecule has 0 saturated carbocycles. The number of nitrogens with zero attached hydrogens (tertiary/aromatic N) is 1. The summed E-state index contributed by atoms with van der Waals surface area (Å²) < 4.78 is 2.08. The first-order chi connectivity index (χ1) is 14.4. The number of carbonyl (C=O) groups excluding carboxylic acids is 3. The number of anilines is 1. The van der Waals surface area contributed by atoms with Crippen molar-refractivity contribution in [2.45, 2.75) is 26.8 Å². The molecule has 0 fully saturated rings. The molecule has 0 atom stereocenters. The van der Waals surface area contributed by atoms with Crippen LogP contribution in [0.4, 0.5) is 5.69 Å². The van der Waals surface area contributed by atoms with Crippen molar-refractivity contribution in [1.82, 2.24) is 9.88 Å². The molecule has 3 rings (SSSR count). The van der Waals surface area contributed by atoms with E-state index >= 15 is 0 Å². The Hall–Kier alpha value is -3.61. The van der Waals surface area contributed by atoms with Crippen molar-refractivity contribution in [1.29, 1.82) is 0 Å². The molecule has 2 aromatic carbocycles. The molecular weight excluding hydrogens is 380 g/mol. The minimum absolute atomic E-state index is 0.0512. The second-order valence-corrected chi connectivity index (χ2v) is 7.58. The van der Waals surface area contributed by atoms with Crippen LogP contribution in [0.15, 0.2) is 54.7 Å². The molecule has 0 unspecified atom stereocenters. The Labute approximate surface area is 175 Å². The van der Waals surface area contributed by atoms with Crippen molar-refractivity contribution in [2.24, 2.45) is 11.7 Å². The molecule has 0 radical (unpaired) electrons. The number of hydrogen-bond acceptors (Lipinski definition) is 3. The van der Waals surface area contributed by atoms with E-state index in [0.717, 1.165) is 17.4 Å². The number of nitrogens with one attached hydrogen (secondary N) is 2. The summed E-state index contributed by atoms with van der Waals surface area (Å²) in [7, 11) is 0. The molecule has 3 amide bonds. The highest BCUT2D eigenvalue weighted by atomic mass is 16.2. The molecule has 0 spiro atoms. The summed E-state index contributed by atoms with van der Waals surface area (Å²) >= 11 is 0. The van der Waals surface area contributed by atoms with Crippen molar-refractivity contribution in [3.8, 4) is 0 Å². The number of hydrogen-bond donors (Lipinski definition) is 3. The van der Waals surface area contributed by atoms with Gasteiger partial charge in [-0.3, -0.25) is 14.4 Å². The van der Waals surface area contributed by atoms with Gasteiger partial charge in [0.15, 0.2) is 0 Å². The summed E-state index contributed by atoms with van der Waals surface area (Å²) in [5, 5.41) is 6.37. The highest BCUT2D eigenvalue weighted by molar-refractivity contribution is 6.14. The van der Waals surface area contributed by atoms with E-state index in [2.05, 4.69) is 29.0 Å². The van der Waals surface area contributed by atoms with E-state index in [-0.39, 0.29) is 24.8 Å². The van der Waals surface area contributed by atoms with Crippen LogP contribution in [0.1, 0.15) is 41.0 Å². The van der Waals surface area contributed by atoms with Crippen molar-refractivity contribution in [2.75, 3.05) is 11.9 Å². The molecule has 0 aliphatic rings. The number of para-hydroxylation sites is 2. The van der Waals surface area contributed by atoms with Gasteiger partial charge in [0.05, 0.1) is 16.8 Å². The van der Waals surface area contributed by atoms with Crippen LogP contribution in [-0.4, -0.2) is 28.8 Å². The average Bonchev–Trinajstić information content (AvgIpc) is 3.06. The number of fused-ring (bicyclic) bond motifs is 1. The number of aromatic nitrogens is 1. The lowest BCUT2D eigenvalue weighted by Crippen LogP contribution is -2.28. The lowest BCUT2D eigenvalue weighted by molar-refractivity contribution is -0.117. The zero-order valence-electron chi connectivity index (χ0n) is 17.1. The molecule has 7 heteroatoms. The highest BCUT2D eigenvalue weighted by Crippen LogP contribution is 2.24. The van der Waals surface area contributed by atoms with Crippen molar-refractivity contribution in [3.63, 3.8) is 0 Å². The maximum Gasteiger partial charge on any atom is 0.257 e. The minimum atomic E-state index is -0.491. The van der Waals surface area contributed by atoms with Gasteiger partial charge in [-0.1, -0.05) is 44.2 Å². The zero-order chi connectivity index (χ0) is 21.7. The van der Waals surface area contributed by atoms with Gasteiger partial charge < -0.3 is 20.9 Å². The summed E-state index contributed by atoms with van der Waals surface area (Å²) in [6, 6.07) is 14.5. The molecular formula is C23H26N4O3. The largest absolute Gasteiger partial charge is 0.370 e. The molecule has 156 valence electrons. The Morgan fingerprint density at radius 1 is 0.967 bits per heavy atom. The van der Waals surface area contributed by atoms with Gasteiger partial charge in [-0.2, -0.15) is 0 Å². The van der Waals surface area contributed by atoms with Gasteiger partial charge in [-0.15, -0.1) is 0 Å². The van der Waals surface area contributed by atoms with Crippen molar-refractivity contribution in [3.05, 3.63) is 65.9 Å². The van der Waals surface area contributed by atoms with Crippen molar-refractivity contribution >= 4 is 34.3 Å². The summed E-state index contributed by atoms with van der Waals surface area (Å²) in [5.74, 6) is -0.725. The van der Waals surface area contributed by atoms with Gasteiger partial charge in [-0.05, 0) is 24.1 Å². The van der Waals surface area contributed by atoms with E-state index in [1.54, 1.807) is 24.3 Å². The normalized spacial score (nSPS) is 10.9. The van der Waals surface area contributed by atoms with Crippen LogP contribution in [0.25, 0.3) is 10.9 Å². The topological polar surface area (TPSA) is 106 Å². The number of benzene rings is 2. The first-order valence-electron chi connectivity index (χ1n) is 9.91. The fourth-order valence-electron chi connectivity index (χ4n) is 3.35. The Balaban J connectivity index is 1.85. The van der Waals surface area contributed by atoms with Gasteiger partial charge in [0, 0.05) is 36.6 Å². The lowest BCUT2D eigenvalue weighted by Gasteiger charge is -2.11. The summed E-state index contributed by atoms with van der Waals surface area (Å²) in [4.78, 5) is 36.4. The fraction of sp³-hybridized carbons (Fsp3) is 0.261. The van der Waals surface area contributed by atoms with Crippen LogP contribution >= 0.6 is 0 Å². The summed E-state index contributed by atoms with van der Waals surface area (Å²) in [5.41, 5.74) is 7.37. The second-order valence-electron chi connectivity index (χ2n) is 7.58. The number of rotatable bonds is 8. The first kappa shape index (κ1) is 21.1. The maximum atomic E-state index is 13.1. The Morgan fingerprint density at radius 3 is 2.40 bits per heavy atom. The van der Waals surface area contributed by atoms with Crippen LogP contribution in [-0.2, 0) is 11.3 Å². The maximum absolute atomic E-state index is 13.1. The smallest absolute Gasteiger partial charge is 0.257 e. The zero-order valence-corrected chi connectivity index (χ0v) is 17.1. The Bertz CT molecular complexity index is 1080. The van der Waals surface area contributed by atoms with Crippen LogP contribution < -0.4 is 16.4 Å². The molecule has 1 heterocycles. The molecule has 0 aliphatic carbocycles. The third-order valence-electron chi connectivity index (χ3n) is 4.67. The third-order valence-corrected chi connectivity index (χ3v) is 4.67. The van der Waals surface area contributed by atoms with E-state index in [9.17, 15) is 14.4 Å². The van der Waals surface area contributed by atoms with Crippen LogP contribution in [0, 0.1) is 5.92 Å². The molecule has 7 nitrogen and oxygen atoms in total. The van der Waals surface area contributed by atoms with Crippen LogP contribution in [0.5, 0.6) is 0 Å². The molecule has 1 aromatic heterocycles. The lowest BCUT2D eigenvalue weighted by atomic mass is 10.1. The van der Waals surface area contributed by atoms with Crippen molar-refractivity contribution < 1.29 is 14.4 Å². The monoisotopic (exact) mass is 406 g/mol. The quantitative estimate of drug-likeness (QED) is 0.535. The number of amides is 3. The first-order valence-corrected chi connectivity index (χ1v) is 9.91. The van der Waals surface area contributed by atoms with Gasteiger partial charge in [0.2, 0.25) is 5.91 Å². The Morgan fingerprint density at radius 2 is 1.67 bits per heavy atom. The van der Waals surface area contributed by atoms with Crippen LogP contribution in [0.3, 0.4) is 0 Å². The number of primary amides is 1. The highest BCUT2D eigenvalue weighted by Gasteiger charge is 2.18. The molecule has 4 N–H and O–H groups in total. The summed E-state index contributed by atoms with van der Waals surface area (Å²) in [6.45, 7) is 5.19.